The normalized spacial score (nSPS) is 16.4. The Labute approximate surface area is 164 Å². The number of nitrogens with one attached hydrogen (secondary N) is 1. The Kier molecular flexibility index (Phi) is 5.29. The summed E-state index contributed by atoms with van der Waals surface area (Å²) in [6, 6.07) is 7.38. The van der Waals surface area contributed by atoms with E-state index in [4.69, 9.17) is 9.47 Å². The van der Waals surface area contributed by atoms with Crippen LogP contribution in [0.5, 0.6) is 0 Å². The van der Waals surface area contributed by atoms with Gasteiger partial charge in [0.15, 0.2) is 6.29 Å². The lowest BCUT2D eigenvalue weighted by atomic mass is 9.80. The molecule has 1 aliphatic heterocycles. The smallest absolute Gasteiger partial charge is 0.336 e. The van der Waals surface area contributed by atoms with E-state index >= 15 is 0 Å². The van der Waals surface area contributed by atoms with E-state index < -0.39 is 17.9 Å². The number of aldehydes is 1. The molecule has 1 aromatic carbocycles. The van der Waals surface area contributed by atoms with Crippen LogP contribution >= 0.6 is 11.3 Å². The Morgan fingerprint density at radius 1 is 1.21 bits per heavy atom. The standard InChI is InChI=1S/C20H16N2O5S/c1-10-15(19(24)26-2)16(17(20(25)27-3)14(8-23)22-10)13-9-28-18-11(7-21)5-4-6-12(13)18/h4-6,8-9,16,22H,1-3H3. The molecule has 2 aromatic rings. The van der Waals surface area contributed by atoms with Crippen LogP contribution in [-0.2, 0) is 23.9 Å². The van der Waals surface area contributed by atoms with Gasteiger partial charge in [-0.3, -0.25) is 4.79 Å². The number of carbonyl (C=O) groups is 3. The predicted molar refractivity (Wildman–Crippen MR) is 102 cm³/mol. The number of carbonyl (C=O) groups excluding carboxylic acids is 3. The first-order valence-corrected chi connectivity index (χ1v) is 9.10. The molecule has 3 rings (SSSR count). The van der Waals surface area contributed by atoms with Crippen LogP contribution in [-0.4, -0.2) is 32.4 Å². The summed E-state index contributed by atoms with van der Waals surface area (Å²) >= 11 is 1.33. The monoisotopic (exact) mass is 396 g/mol. The number of ether oxygens (including phenoxy) is 2. The zero-order valence-corrected chi connectivity index (χ0v) is 16.2. The number of hydrogen-bond donors (Lipinski definition) is 1. The van der Waals surface area contributed by atoms with Gasteiger partial charge in [0.1, 0.15) is 6.07 Å². The van der Waals surface area contributed by atoms with Crippen molar-refractivity contribution < 1.29 is 23.9 Å². The van der Waals surface area contributed by atoms with Gasteiger partial charge >= 0.3 is 11.9 Å². The molecule has 0 saturated carbocycles. The Morgan fingerprint density at radius 2 is 1.89 bits per heavy atom. The summed E-state index contributed by atoms with van der Waals surface area (Å²) in [6.07, 6.45) is 0.520. The molecule has 0 bridgehead atoms. The molecule has 8 heteroatoms. The zero-order chi connectivity index (χ0) is 20.4. The average Bonchev–Trinajstić information content (AvgIpc) is 3.15. The third-order valence-electron chi connectivity index (χ3n) is 4.58. The molecule has 0 aliphatic carbocycles. The minimum atomic E-state index is -0.871. The maximum Gasteiger partial charge on any atom is 0.336 e. The Morgan fingerprint density at radius 3 is 2.50 bits per heavy atom. The highest BCUT2D eigenvalue weighted by molar-refractivity contribution is 7.17. The maximum atomic E-state index is 12.6. The van der Waals surface area contributed by atoms with Crippen molar-refractivity contribution in [2.24, 2.45) is 0 Å². The van der Waals surface area contributed by atoms with Crippen molar-refractivity contribution in [2.45, 2.75) is 12.8 Å². The lowest BCUT2D eigenvalue weighted by molar-refractivity contribution is -0.137. The van der Waals surface area contributed by atoms with Gasteiger partial charge in [0.05, 0.1) is 47.2 Å². The molecule has 0 radical (unpaired) electrons. The topological polar surface area (TPSA) is 105 Å². The first kappa shape index (κ1) is 19.3. The molecule has 1 N–H and O–H groups in total. The Hall–Kier alpha value is -3.44. The van der Waals surface area contributed by atoms with Crippen LogP contribution in [0.3, 0.4) is 0 Å². The molecule has 0 amide bonds. The number of methoxy groups -OCH3 is 2. The average molecular weight is 396 g/mol. The second kappa shape index (κ2) is 7.66. The molecule has 1 aromatic heterocycles. The fourth-order valence-corrected chi connectivity index (χ4v) is 4.43. The number of esters is 2. The highest BCUT2D eigenvalue weighted by Crippen LogP contribution is 2.44. The predicted octanol–water partition coefficient (Wildman–Crippen LogP) is 2.53. The van der Waals surface area contributed by atoms with Gasteiger partial charge in [0, 0.05) is 5.70 Å². The van der Waals surface area contributed by atoms with Crippen LogP contribution in [0.25, 0.3) is 10.1 Å². The van der Waals surface area contributed by atoms with Crippen molar-refractivity contribution in [3.63, 3.8) is 0 Å². The van der Waals surface area contributed by atoms with E-state index in [-0.39, 0.29) is 16.8 Å². The summed E-state index contributed by atoms with van der Waals surface area (Å²) in [6.45, 7) is 1.63. The number of thiophene rings is 1. The van der Waals surface area contributed by atoms with Crippen LogP contribution in [0.4, 0.5) is 0 Å². The van der Waals surface area contributed by atoms with Crippen molar-refractivity contribution in [1.29, 1.82) is 5.26 Å². The number of rotatable bonds is 4. The summed E-state index contributed by atoms with van der Waals surface area (Å²) < 4.78 is 10.5. The van der Waals surface area contributed by atoms with Gasteiger partial charge in [-0.05, 0) is 29.3 Å². The molecule has 7 nitrogen and oxygen atoms in total. The maximum absolute atomic E-state index is 12.6. The van der Waals surface area contributed by atoms with E-state index in [9.17, 15) is 19.6 Å². The zero-order valence-electron chi connectivity index (χ0n) is 15.4. The van der Waals surface area contributed by atoms with Gasteiger partial charge in [-0.15, -0.1) is 11.3 Å². The highest BCUT2D eigenvalue weighted by atomic mass is 32.1. The lowest BCUT2D eigenvalue weighted by Gasteiger charge is -2.29. The third-order valence-corrected chi connectivity index (χ3v) is 5.63. The molecular formula is C20H16N2O5S. The van der Waals surface area contributed by atoms with Crippen LogP contribution in [0.2, 0.25) is 0 Å². The van der Waals surface area contributed by atoms with E-state index in [0.717, 1.165) is 10.1 Å². The van der Waals surface area contributed by atoms with Gasteiger partial charge in [-0.2, -0.15) is 5.26 Å². The minimum absolute atomic E-state index is 0.0190. The number of fused-ring (bicyclic) bond motifs is 1. The van der Waals surface area contributed by atoms with Crippen molar-refractivity contribution in [1.82, 2.24) is 5.32 Å². The first-order chi connectivity index (χ1) is 13.5. The van der Waals surface area contributed by atoms with Gasteiger partial charge < -0.3 is 14.8 Å². The molecule has 1 unspecified atom stereocenters. The summed E-state index contributed by atoms with van der Waals surface area (Å²) in [5, 5.41) is 14.7. The largest absolute Gasteiger partial charge is 0.466 e. The molecule has 28 heavy (non-hydrogen) atoms. The SMILES string of the molecule is COC(=O)C1=C(C)NC(C=O)=C(C(=O)OC)C1c1csc2c(C#N)cccc12. The summed E-state index contributed by atoms with van der Waals surface area (Å²) in [7, 11) is 2.45. The molecule has 1 aliphatic rings. The van der Waals surface area contributed by atoms with Crippen LogP contribution in [0.1, 0.15) is 24.0 Å². The van der Waals surface area contributed by atoms with E-state index in [1.165, 1.54) is 25.6 Å². The van der Waals surface area contributed by atoms with Gasteiger partial charge in [-0.25, -0.2) is 9.59 Å². The van der Waals surface area contributed by atoms with Gasteiger partial charge in [-0.1, -0.05) is 12.1 Å². The van der Waals surface area contributed by atoms with Crippen LogP contribution in [0.15, 0.2) is 46.1 Å². The van der Waals surface area contributed by atoms with Crippen molar-refractivity contribution >= 4 is 39.6 Å². The fourth-order valence-electron chi connectivity index (χ4n) is 3.36. The molecule has 0 spiro atoms. The van der Waals surface area contributed by atoms with E-state index in [0.29, 0.717) is 23.1 Å². The van der Waals surface area contributed by atoms with Crippen LogP contribution in [0, 0.1) is 11.3 Å². The molecular weight excluding hydrogens is 380 g/mol. The first-order valence-electron chi connectivity index (χ1n) is 8.22. The third kappa shape index (κ3) is 2.96. The highest BCUT2D eigenvalue weighted by Gasteiger charge is 2.39. The van der Waals surface area contributed by atoms with Gasteiger partial charge in [0.25, 0.3) is 0 Å². The number of nitriles is 1. The number of nitrogens with zero attached hydrogens (tertiary/aromatic N) is 1. The summed E-state index contributed by atoms with van der Waals surface area (Å²) in [5.41, 5.74) is 1.77. The number of benzene rings is 1. The molecule has 0 fully saturated rings. The van der Waals surface area contributed by atoms with E-state index in [1.54, 1.807) is 24.4 Å². The quantitative estimate of drug-likeness (QED) is 0.625. The summed E-state index contributed by atoms with van der Waals surface area (Å²) in [5.74, 6) is -2.23. The number of hydrogen-bond acceptors (Lipinski definition) is 8. The van der Waals surface area contributed by atoms with Gasteiger partial charge in [0.2, 0.25) is 0 Å². The minimum Gasteiger partial charge on any atom is -0.466 e. The van der Waals surface area contributed by atoms with Crippen molar-refractivity contribution in [2.75, 3.05) is 14.2 Å². The van der Waals surface area contributed by atoms with Crippen molar-refractivity contribution in [3.05, 3.63) is 57.2 Å². The van der Waals surface area contributed by atoms with E-state index in [1.807, 2.05) is 6.07 Å². The molecule has 142 valence electrons. The second-order valence-corrected chi connectivity index (χ2v) is 6.89. The Balaban J connectivity index is 2.37. The fraction of sp³-hybridized carbons (Fsp3) is 0.200. The Bertz CT molecular complexity index is 1100. The van der Waals surface area contributed by atoms with Crippen LogP contribution < -0.4 is 5.32 Å². The number of allylic oxidation sites excluding steroid dienone is 2. The number of dihydropyridines is 1. The van der Waals surface area contributed by atoms with E-state index in [2.05, 4.69) is 11.4 Å². The second-order valence-electron chi connectivity index (χ2n) is 6.01. The summed E-state index contributed by atoms with van der Waals surface area (Å²) in [4.78, 5) is 36.8. The molecule has 1 atom stereocenters. The molecule has 0 saturated heterocycles. The molecule has 2 heterocycles. The lowest BCUT2D eigenvalue weighted by Crippen LogP contribution is -2.33. The van der Waals surface area contributed by atoms with Crippen molar-refractivity contribution in [3.8, 4) is 6.07 Å².